The van der Waals surface area contributed by atoms with Gasteiger partial charge in [0.15, 0.2) is 5.60 Å². The van der Waals surface area contributed by atoms with Crippen LogP contribution in [0.25, 0.3) is 0 Å². The number of hydrogen-bond acceptors (Lipinski definition) is 1. The maximum absolute atomic E-state index is 13.0. The molecule has 1 nitrogen and oxygen atoms in total. The normalized spacial score (nSPS) is 41.0. The lowest BCUT2D eigenvalue weighted by molar-refractivity contribution is -0.285. The van der Waals surface area contributed by atoms with Gasteiger partial charge >= 0.3 is 6.18 Å². The summed E-state index contributed by atoms with van der Waals surface area (Å²) in [5, 5.41) is 9.98. The maximum atomic E-state index is 13.0. The Morgan fingerprint density at radius 3 is 2.11 bits per heavy atom. The lowest BCUT2D eigenvalue weighted by Crippen LogP contribution is -2.54. The number of hydrogen-bond donors (Lipinski definition) is 1. The summed E-state index contributed by atoms with van der Waals surface area (Å²) >= 11 is 0. The average Bonchev–Trinajstić information content (AvgIpc) is 2.27. The standard InChI is InChI=1S/C14H23F3O/c1-9-5-3-7-11-10(9)6-4-8-12(11)13(2,18)14(15,16)17/h9-12,18H,3-8H2,1-2H3/t9-,10?,11?,12?,13?/m0/s1. The molecule has 0 radical (unpaired) electrons. The van der Waals surface area contributed by atoms with Gasteiger partial charge in [-0.3, -0.25) is 0 Å². The van der Waals surface area contributed by atoms with Crippen molar-refractivity contribution in [3.63, 3.8) is 0 Å². The summed E-state index contributed by atoms with van der Waals surface area (Å²) < 4.78 is 39.1. The van der Waals surface area contributed by atoms with Crippen LogP contribution in [-0.4, -0.2) is 16.9 Å². The van der Waals surface area contributed by atoms with E-state index in [0.717, 1.165) is 39.0 Å². The van der Waals surface area contributed by atoms with Crippen LogP contribution in [0.5, 0.6) is 0 Å². The van der Waals surface area contributed by atoms with Gasteiger partial charge in [0.2, 0.25) is 0 Å². The fraction of sp³-hybridized carbons (Fsp3) is 1.00. The predicted molar refractivity (Wildman–Crippen MR) is 64.0 cm³/mol. The van der Waals surface area contributed by atoms with Crippen molar-refractivity contribution in [2.75, 3.05) is 0 Å². The predicted octanol–water partition coefficient (Wildman–Crippen LogP) is 4.15. The highest BCUT2D eigenvalue weighted by atomic mass is 19.4. The van der Waals surface area contributed by atoms with E-state index in [9.17, 15) is 18.3 Å². The summed E-state index contributed by atoms with van der Waals surface area (Å²) in [6, 6.07) is 0. The van der Waals surface area contributed by atoms with Crippen LogP contribution in [-0.2, 0) is 0 Å². The molecular formula is C14H23F3O. The summed E-state index contributed by atoms with van der Waals surface area (Å²) in [7, 11) is 0. The Bertz CT molecular complexity index is 298. The minimum Gasteiger partial charge on any atom is -0.380 e. The lowest BCUT2D eigenvalue weighted by atomic mass is 9.58. The van der Waals surface area contributed by atoms with E-state index in [0.29, 0.717) is 18.3 Å². The highest BCUT2D eigenvalue weighted by molar-refractivity contribution is 4.98. The SMILES string of the molecule is C[C@H]1CCCC2C1CCCC2C(C)(O)C(F)(F)F. The average molecular weight is 264 g/mol. The first kappa shape index (κ1) is 14.2. The van der Waals surface area contributed by atoms with Crippen LogP contribution in [0.3, 0.4) is 0 Å². The summed E-state index contributed by atoms with van der Waals surface area (Å²) in [4.78, 5) is 0. The van der Waals surface area contributed by atoms with Crippen molar-refractivity contribution < 1.29 is 18.3 Å². The van der Waals surface area contributed by atoms with Gasteiger partial charge in [0.25, 0.3) is 0 Å². The van der Waals surface area contributed by atoms with E-state index in [1.807, 2.05) is 0 Å². The molecule has 0 aliphatic heterocycles. The fourth-order valence-electron chi connectivity index (χ4n) is 4.22. The van der Waals surface area contributed by atoms with E-state index in [-0.39, 0.29) is 5.92 Å². The summed E-state index contributed by atoms with van der Waals surface area (Å²) in [6.45, 7) is 3.13. The molecule has 18 heavy (non-hydrogen) atoms. The first-order valence-corrected chi connectivity index (χ1v) is 7.04. The Morgan fingerprint density at radius 1 is 0.944 bits per heavy atom. The fourth-order valence-corrected chi connectivity index (χ4v) is 4.22. The summed E-state index contributed by atoms with van der Waals surface area (Å²) in [5.74, 6) is 0.333. The van der Waals surface area contributed by atoms with Crippen molar-refractivity contribution in [3.05, 3.63) is 0 Å². The van der Waals surface area contributed by atoms with Crippen LogP contribution in [0.2, 0.25) is 0 Å². The zero-order valence-electron chi connectivity index (χ0n) is 11.1. The second kappa shape index (κ2) is 4.69. The molecule has 1 N–H and O–H groups in total. The number of rotatable bonds is 1. The molecular weight excluding hydrogens is 241 g/mol. The van der Waals surface area contributed by atoms with E-state index >= 15 is 0 Å². The molecule has 4 unspecified atom stereocenters. The first-order valence-electron chi connectivity index (χ1n) is 7.04. The van der Waals surface area contributed by atoms with Crippen LogP contribution >= 0.6 is 0 Å². The van der Waals surface area contributed by atoms with Crippen molar-refractivity contribution >= 4 is 0 Å². The third-order valence-corrected chi connectivity index (χ3v) is 5.34. The topological polar surface area (TPSA) is 20.2 Å². The van der Waals surface area contributed by atoms with Gasteiger partial charge in [0.1, 0.15) is 0 Å². The van der Waals surface area contributed by atoms with Crippen molar-refractivity contribution in [3.8, 4) is 0 Å². The van der Waals surface area contributed by atoms with Gasteiger partial charge in [-0.05, 0) is 49.9 Å². The van der Waals surface area contributed by atoms with Gasteiger partial charge in [-0.2, -0.15) is 13.2 Å². The van der Waals surface area contributed by atoms with Crippen LogP contribution in [0.15, 0.2) is 0 Å². The van der Waals surface area contributed by atoms with Crippen LogP contribution < -0.4 is 0 Å². The maximum Gasteiger partial charge on any atom is 0.417 e. The third kappa shape index (κ3) is 2.28. The van der Waals surface area contributed by atoms with Crippen LogP contribution in [0.1, 0.15) is 52.4 Å². The summed E-state index contributed by atoms with van der Waals surface area (Å²) in [6.07, 6.45) is 0.847. The highest BCUT2D eigenvalue weighted by Crippen LogP contribution is 2.52. The van der Waals surface area contributed by atoms with Gasteiger partial charge in [0, 0.05) is 0 Å². The molecule has 2 fully saturated rings. The zero-order valence-corrected chi connectivity index (χ0v) is 11.1. The van der Waals surface area contributed by atoms with Gasteiger partial charge in [-0.1, -0.05) is 26.2 Å². The molecule has 106 valence electrons. The number of alkyl halides is 3. The Morgan fingerprint density at radius 2 is 1.50 bits per heavy atom. The second-order valence-electron chi connectivity index (χ2n) is 6.42. The zero-order chi connectivity index (χ0) is 13.6. The Balaban J connectivity index is 2.22. The smallest absolute Gasteiger partial charge is 0.380 e. The Labute approximate surface area is 107 Å². The molecule has 2 saturated carbocycles. The van der Waals surface area contributed by atoms with E-state index in [1.165, 1.54) is 0 Å². The minimum absolute atomic E-state index is 0.0547. The highest BCUT2D eigenvalue weighted by Gasteiger charge is 2.58. The molecule has 0 saturated heterocycles. The van der Waals surface area contributed by atoms with Gasteiger partial charge in [-0.15, -0.1) is 0 Å². The first-order chi connectivity index (χ1) is 8.25. The molecule has 2 rings (SSSR count). The molecule has 0 aromatic heterocycles. The lowest BCUT2D eigenvalue weighted by Gasteiger charge is -2.49. The van der Waals surface area contributed by atoms with Crippen molar-refractivity contribution in [1.82, 2.24) is 0 Å². The largest absolute Gasteiger partial charge is 0.417 e. The van der Waals surface area contributed by atoms with Crippen LogP contribution in [0, 0.1) is 23.7 Å². The number of halogens is 3. The molecule has 0 amide bonds. The van der Waals surface area contributed by atoms with Gasteiger partial charge < -0.3 is 5.11 Å². The molecule has 4 heteroatoms. The van der Waals surface area contributed by atoms with Gasteiger partial charge in [-0.25, -0.2) is 0 Å². The van der Waals surface area contributed by atoms with Crippen LogP contribution in [0.4, 0.5) is 13.2 Å². The van der Waals surface area contributed by atoms with E-state index in [4.69, 9.17) is 0 Å². The van der Waals surface area contributed by atoms with Crippen molar-refractivity contribution in [2.45, 2.75) is 64.1 Å². The van der Waals surface area contributed by atoms with Crippen molar-refractivity contribution in [2.24, 2.45) is 23.7 Å². The summed E-state index contributed by atoms with van der Waals surface area (Å²) in [5.41, 5.74) is -2.52. The van der Waals surface area contributed by atoms with Gasteiger partial charge in [0.05, 0.1) is 0 Å². The molecule has 0 heterocycles. The second-order valence-corrected chi connectivity index (χ2v) is 6.42. The monoisotopic (exact) mass is 264 g/mol. The molecule has 5 atom stereocenters. The molecule has 2 aliphatic rings. The molecule has 0 spiro atoms. The molecule has 2 aliphatic carbocycles. The third-order valence-electron chi connectivity index (χ3n) is 5.34. The van der Waals surface area contributed by atoms with E-state index in [1.54, 1.807) is 0 Å². The molecule has 0 aromatic rings. The Kier molecular flexibility index (Phi) is 3.69. The molecule has 0 bridgehead atoms. The number of aliphatic hydroxyl groups is 1. The van der Waals surface area contributed by atoms with Crippen molar-refractivity contribution in [1.29, 1.82) is 0 Å². The quantitative estimate of drug-likeness (QED) is 0.754. The van der Waals surface area contributed by atoms with E-state index < -0.39 is 17.7 Å². The Hall–Kier alpha value is -0.250. The minimum atomic E-state index is -4.51. The molecule has 0 aromatic carbocycles. The number of fused-ring (bicyclic) bond motifs is 1. The van der Waals surface area contributed by atoms with E-state index in [2.05, 4.69) is 6.92 Å².